The van der Waals surface area contributed by atoms with E-state index in [1.54, 1.807) is 0 Å². The Morgan fingerprint density at radius 1 is 0.905 bits per heavy atom. The normalized spacial score (nSPS) is 12.0. The lowest BCUT2D eigenvalue weighted by atomic mass is 10.2. The average Bonchev–Trinajstić information content (AvgIpc) is 2.56. The smallest absolute Gasteiger partial charge is 0.119 e. The number of rotatable bonds is 9. The van der Waals surface area contributed by atoms with Gasteiger partial charge >= 0.3 is 0 Å². The van der Waals surface area contributed by atoms with E-state index in [4.69, 9.17) is 9.47 Å². The van der Waals surface area contributed by atoms with Crippen LogP contribution in [-0.4, -0.2) is 17.1 Å². The van der Waals surface area contributed by atoms with Crippen molar-refractivity contribution in [2.75, 3.05) is 11.0 Å². The highest BCUT2D eigenvalue weighted by molar-refractivity contribution is 14.1. The predicted octanol–water partition coefficient (Wildman–Crippen LogP) is 4.87. The van der Waals surface area contributed by atoms with E-state index >= 15 is 0 Å². The van der Waals surface area contributed by atoms with Crippen LogP contribution in [-0.2, 0) is 11.3 Å². The van der Waals surface area contributed by atoms with E-state index in [1.165, 1.54) is 5.56 Å². The van der Waals surface area contributed by atoms with Gasteiger partial charge in [-0.15, -0.1) is 0 Å². The van der Waals surface area contributed by atoms with Gasteiger partial charge in [-0.05, 0) is 35.0 Å². The van der Waals surface area contributed by atoms with Crippen LogP contribution in [0.5, 0.6) is 5.75 Å². The van der Waals surface area contributed by atoms with Crippen molar-refractivity contribution in [3.8, 4) is 5.75 Å². The first-order chi connectivity index (χ1) is 10.4. The summed E-state index contributed by atoms with van der Waals surface area (Å²) in [5, 5.41) is 0. The van der Waals surface area contributed by atoms with Crippen LogP contribution in [0.25, 0.3) is 0 Å². The Kier molecular flexibility index (Phi) is 7.60. The number of alkyl halides is 1. The zero-order valence-electron chi connectivity index (χ0n) is 12.1. The first-order valence-corrected chi connectivity index (χ1v) is 8.80. The molecule has 112 valence electrons. The fourth-order valence-corrected chi connectivity index (χ4v) is 2.45. The molecule has 2 aromatic rings. The monoisotopic (exact) mass is 396 g/mol. The summed E-state index contributed by atoms with van der Waals surface area (Å²) < 4.78 is 13.0. The van der Waals surface area contributed by atoms with E-state index in [-0.39, 0.29) is 6.10 Å². The molecule has 0 heterocycles. The zero-order valence-corrected chi connectivity index (χ0v) is 14.2. The summed E-state index contributed by atoms with van der Waals surface area (Å²) in [6, 6.07) is 20.2. The summed E-state index contributed by atoms with van der Waals surface area (Å²) in [4.78, 5) is 0. The lowest BCUT2D eigenvalue weighted by molar-refractivity contribution is 0.00449. The Hall–Kier alpha value is -1.07. The quantitative estimate of drug-likeness (QED) is 0.445. The summed E-state index contributed by atoms with van der Waals surface area (Å²) in [5.41, 5.74) is 1.21. The van der Waals surface area contributed by atoms with Crippen molar-refractivity contribution in [2.24, 2.45) is 0 Å². The maximum absolute atomic E-state index is 6.02. The van der Waals surface area contributed by atoms with Crippen LogP contribution in [0.1, 0.15) is 18.4 Å². The number of ether oxygens (including phenoxy) is 2. The fourth-order valence-electron chi connectivity index (χ4n) is 2.01. The highest BCUT2D eigenvalue weighted by atomic mass is 127. The summed E-state index contributed by atoms with van der Waals surface area (Å²) >= 11 is 2.40. The molecular weight excluding hydrogens is 375 g/mol. The molecule has 3 heteroatoms. The molecule has 0 saturated carbocycles. The van der Waals surface area contributed by atoms with Crippen LogP contribution in [0.3, 0.4) is 0 Å². The lowest BCUT2D eigenvalue weighted by Crippen LogP contribution is -2.22. The van der Waals surface area contributed by atoms with Crippen molar-refractivity contribution >= 4 is 22.6 Å². The van der Waals surface area contributed by atoms with E-state index < -0.39 is 0 Å². The van der Waals surface area contributed by atoms with E-state index in [0.29, 0.717) is 13.2 Å². The van der Waals surface area contributed by atoms with Gasteiger partial charge in [-0.1, -0.05) is 71.1 Å². The Morgan fingerprint density at radius 2 is 1.57 bits per heavy atom. The van der Waals surface area contributed by atoms with E-state index in [1.807, 2.05) is 48.5 Å². The molecule has 2 nitrogen and oxygen atoms in total. The SMILES string of the molecule is ICCCC(COc1ccccc1)OCc1ccccc1. The van der Waals surface area contributed by atoms with Gasteiger partial charge in [0.2, 0.25) is 0 Å². The van der Waals surface area contributed by atoms with Gasteiger partial charge in [-0.2, -0.15) is 0 Å². The predicted molar refractivity (Wildman–Crippen MR) is 95.1 cm³/mol. The van der Waals surface area contributed by atoms with Crippen LogP contribution in [0.2, 0.25) is 0 Å². The average molecular weight is 396 g/mol. The van der Waals surface area contributed by atoms with Crippen molar-refractivity contribution in [1.29, 1.82) is 0 Å². The zero-order chi connectivity index (χ0) is 14.8. The van der Waals surface area contributed by atoms with Crippen molar-refractivity contribution in [3.63, 3.8) is 0 Å². The summed E-state index contributed by atoms with van der Waals surface area (Å²) in [5.74, 6) is 0.903. The number of para-hydroxylation sites is 1. The van der Waals surface area contributed by atoms with E-state index in [0.717, 1.165) is 23.0 Å². The summed E-state index contributed by atoms with van der Waals surface area (Å²) in [7, 11) is 0. The first-order valence-electron chi connectivity index (χ1n) is 7.28. The van der Waals surface area contributed by atoms with Crippen LogP contribution in [0.4, 0.5) is 0 Å². The first kappa shape index (κ1) is 16.3. The molecule has 2 rings (SSSR count). The maximum atomic E-state index is 6.02. The third-order valence-electron chi connectivity index (χ3n) is 3.17. The van der Waals surface area contributed by atoms with Crippen molar-refractivity contribution in [2.45, 2.75) is 25.6 Å². The molecule has 0 aliphatic heterocycles. The second kappa shape index (κ2) is 9.79. The second-order valence-electron chi connectivity index (χ2n) is 4.87. The maximum Gasteiger partial charge on any atom is 0.119 e. The number of halogens is 1. The van der Waals surface area contributed by atoms with Crippen molar-refractivity contribution in [1.82, 2.24) is 0 Å². The standard InChI is InChI=1S/C18H21IO2/c19-13-7-12-18(15-21-17-10-5-2-6-11-17)20-14-16-8-3-1-4-9-16/h1-6,8-11,18H,7,12-15H2. The molecule has 0 spiro atoms. The third-order valence-corrected chi connectivity index (χ3v) is 3.93. The molecule has 0 radical (unpaired) electrons. The van der Waals surface area contributed by atoms with Crippen molar-refractivity contribution in [3.05, 3.63) is 66.2 Å². The molecule has 0 aromatic heterocycles. The molecule has 0 N–H and O–H groups in total. The van der Waals surface area contributed by atoms with Gasteiger partial charge in [-0.3, -0.25) is 0 Å². The van der Waals surface area contributed by atoms with E-state index in [9.17, 15) is 0 Å². The van der Waals surface area contributed by atoms with Gasteiger partial charge in [0.05, 0.1) is 12.7 Å². The minimum atomic E-state index is 0.139. The minimum Gasteiger partial charge on any atom is -0.491 e. The van der Waals surface area contributed by atoms with Crippen LogP contribution in [0, 0.1) is 0 Å². The topological polar surface area (TPSA) is 18.5 Å². The number of hydrogen-bond donors (Lipinski definition) is 0. The molecule has 0 bridgehead atoms. The molecule has 0 saturated heterocycles. The van der Waals surface area contributed by atoms with Gasteiger partial charge in [0.25, 0.3) is 0 Å². The molecule has 0 fully saturated rings. The molecular formula is C18H21IO2. The van der Waals surface area contributed by atoms with Gasteiger partial charge < -0.3 is 9.47 Å². The Labute approximate surface area is 140 Å². The van der Waals surface area contributed by atoms with Gasteiger partial charge in [0.15, 0.2) is 0 Å². The Morgan fingerprint density at radius 3 is 2.24 bits per heavy atom. The summed E-state index contributed by atoms with van der Waals surface area (Å²) in [6.07, 6.45) is 2.32. The minimum absolute atomic E-state index is 0.139. The van der Waals surface area contributed by atoms with Crippen LogP contribution < -0.4 is 4.74 Å². The highest BCUT2D eigenvalue weighted by Crippen LogP contribution is 2.13. The molecule has 0 aliphatic rings. The van der Waals surface area contributed by atoms with Crippen molar-refractivity contribution < 1.29 is 9.47 Å². The molecule has 21 heavy (non-hydrogen) atoms. The van der Waals surface area contributed by atoms with E-state index in [2.05, 4.69) is 34.7 Å². The van der Waals surface area contributed by atoms with Crippen LogP contribution in [0.15, 0.2) is 60.7 Å². The third kappa shape index (κ3) is 6.48. The summed E-state index contributed by atoms with van der Waals surface area (Å²) in [6.45, 7) is 1.25. The molecule has 1 unspecified atom stereocenters. The second-order valence-corrected chi connectivity index (χ2v) is 5.95. The molecule has 0 amide bonds. The molecule has 1 atom stereocenters. The highest BCUT2D eigenvalue weighted by Gasteiger charge is 2.10. The van der Waals surface area contributed by atoms with Gasteiger partial charge in [-0.25, -0.2) is 0 Å². The van der Waals surface area contributed by atoms with Crippen LogP contribution >= 0.6 is 22.6 Å². The fraction of sp³-hybridized carbons (Fsp3) is 0.333. The van der Waals surface area contributed by atoms with Gasteiger partial charge in [0, 0.05) is 0 Å². The van der Waals surface area contributed by atoms with Gasteiger partial charge in [0.1, 0.15) is 12.4 Å². The number of hydrogen-bond acceptors (Lipinski definition) is 2. The Bertz CT molecular complexity index is 444. The number of benzene rings is 2. The molecule has 2 aromatic carbocycles. The molecule has 0 aliphatic carbocycles. The Balaban J connectivity index is 1.82. The largest absolute Gasteiger partial charge is 0.491 e. The lowest BCUT2D eigenvalue weighted by Gasteiger charge is -2.18.